The van der Waals surface area contributed by atoms with Crippen LogP contribution in [0.5, 0.6) is 0 Å². The highest BCUT2D eigenvalue weighted by Gasteiger charge is 2.35. The third kappa shape index (κ3) is 4.96. The topological polar surface area (TPSA) is 110 Å². The number of carbonyl (C=O) groups excluding carboxylic acids is 2. The summed E-state index contributed by atoms with van der Waals surface area (Å²) in [5, 5.41) is 5.68. The van der Waals surface area contributed by atoms with E-state index in [0.29, 0.717) is 40.9 Å². The number of hydrogen-bond acceptors (Lipinski definition) is 6. The maximum atomic E-state index is 13.9. The van der Waals surface area contributed by atoms with Gasteiger partial charge in [0.05, 0.1) is 28.8 Å². The summed E-state index contributed by atoms with van der Waals surface area (Å²) < 4.78 is 44.7. The molecule has 2 aliphatic heterocycles. The van der Waals surface area contributed by atoms with Gasteiger partial charge in [-0.3, -0.25) is 13.9 Å². The number of halogens is 1. The molecule has 3 heterocycles. The molecule has 9 nitrogen and oxygen atoms in total. The summed E-state index contributed by atoms with van der Waals surface area (Å²) in [6.45, 7) is 8.35. The number of carbonyl (C=O) groups is 2. The molecule has 11 heteroatoms. The molecule has 2 amide bonds. The van der Waals surface area contributed by atoms with Crippen molar-refractivity contribution in [1.82, 2.24) is 14.9 Å². The molecule has 0 radical (unpaired) electrons. The number of rotatable bonds is 8. The van der Waals surface area contributed by atoms with E-state index in [4.69, 9.17) is 4.28 Å². The van der Waals surface area contributed by atoms with Crippen molar-refractivity contribution in [3.8, 4) is 0 Å². The highest BCUT2D eigenvalue weighted by atomic mass is 32.2. The summed E-state index contributed by atoms with van der Waals surface area (Å²) in [5.41, 5.74) is 2.39. The first kappa shape index (κ1) is 24.9. The number of anilines is 1. The first-order valence-electron chi connectivity index (χ1n) is 11.5. The van der Waals surface area contributed by atoms with Crippen LogP contribution in [0, 0.1) is 12.7 Å². The molecule has 1 aromatic heterocycles. The van der Waals surface area contributed by atoms with E-state index in [-0.39, 0.29) is 23.2 Å². The Morgan fingerprint density at radius 3 is 2.60 bits per heavy atom. The van der Waals surface area contributed by atoms with Crippen molar-refractivity contribution >= 4 is 39.3 Å². The van der Waals surface area contributed by atoms with E-state index in [1.807, 2.05) is 0 Å². The maximum absolute atomic E-state index is 13.9. The van der Waals surface area contributed by atoms with Crippen LogP contribution in [0.15, 0.2) is 18.2 Å². The van der Waals surface area contributed by atoms with Crippen LogP contribution >= 0.6 is 0 Å². The number of benzene rings is 1. The van der Waals surface area contributed by atoms with E-state index in [1.54, 1.807) is 6.92 Å². The second-order valence-corrected chi connectivity index (χ2v) is 10.4. The standard InChI is InChI=1S/C24H29FN4O5S/c1-5-28(6-2)10-9-16-12-21-22(24(31)26-16)14(3)20(29(21)34-35(4,32)33)13-18-17-11-15(25)7-8-19(17)27-23(18)30/h7-8,11,13,16H,5-6,9-10,12H2,1-4H3,(H,26,31)(H,27,30)/b18-13-. The van der Waals surface area contributed by atoms with E-state index >= 15 is 0 Å². The summed E-state index contributed by atoms with van der Waals surface area (Å²) in [6.07, 6.45) is 3.40. The van der Waals surface area contributed by atoms with E-state index in [2.05, 4.69) is 29.4 Å². The van der Waals surface area contributed by atoms with Gasteiger partial charge in [0, 0.05) is 30.3 Å². The van der Waals surface area contributed by atoms with Crippen LogP contribution in [0.2, 0.25) is 0 Å². The van der Waals surface area contributed by atoms with Gasteiger partial charge in [-0.1, -0.05) is 13.8 Å². The fourth-order valence-electron chi connectivity index (χ4n) is 4.65. The Labute approximate surface area is 204 Å². The summed E-state index contributed by atoms with van der Waals surface area (Å²) in [7, 11) is -3.97. The van der Waals surface area contributed by atoms with Gasteiger partial charge in [-0.05, 0) is 56.3 Å². The lowest BCUT2D eigenvalue weighted by Crippen LogP contribution is -2.44. The van der Waals surface area contributed by atoms with Gasteiger partial charge in [0.25, 0.3) is 11.8 Å². The molecule has 0 spiro atoms. The zero-order chi connectivity index (χ0) is 25.5. The molecular weight excluding hydrogens is 475 g/mol. The molecule has 2 aromatic rings. The predicted octanol–water partition coefficient (Wildman–Crippen LogP) is 2.20. The molecule has 0 saturated carbocycles. The molecule has 1 unspecified atom stereocenters. The largest absolute Gasteiger partial charge is 0.349 e. The normalized spacial score (nSPS) is 18.5. The minimum Gasteiger partial charge on any atom is -0.349 e. The van der Waals surface area contributed by atoms with Crippen LogP contribution in [-0.4, -0.2) is 61.8 Å². The number of hydrogen-bond donors (Lipinski definition) is 2. The first-order valence-corrected chi connectivity index (χ1v) is 13.3. The van der Waals surface area contributed by atoms with Gasteiger partial charge in [0.2, 0.25) is 0 Å². The van der Waals surface area contributed by atoms with Gasteiger partial charge >= 0.3 is 10.1 Å². The van der Waals surface area contributed by atoms with Crippen molar-refractivity contribution in [1.29, 1.82) is 0 Å². The second-order valence-electron chi connectivity index (χ2n) is 8.80. The van der Waals surface area contributed by atoms with Gasteiger partial charge in [-0.25, -0.2) is 4.39 Å². The monoisotopic (exact) mass is 504 g/mol. The van der Waals surface area contributed by atoms with Crippen LogP contribution in [0.4, 0.5) is 10.1 Å². The number of nitrogens with zero attached hydrogens (tertiary/aromatic N) is 2. The maximum Gasteiger partial charge on any atom is 0.324 e. The van der Waals surface area contributed by atoms with Crippen LogP contribution in [0.1, 0.15) is 53.1 Å². The predicted molar refractivity (Wildman–Crippen MR) is 131 cm³/mol. The molecule has 0 saturated heterocycles. The smallest absolute Gasteiger partial charge is 0.324 e. The molecule has 0 fully saturated rings. The SMILES string of the molecule is CCN(CC)CCC1Cc2c(c(C)c(/C=C3\C(=O)Nc4ccc(F)cc43)n2OS(C)(=O)=O)C(=O)N1. The van der Waals surface area contributed by atoms with Crippen molar-refractivity contribution in [2.75, 3.05) is 31.2 Å². The molecule has 188 valence electrons. The Hall–Kier alpha value is -3.18. The van der Waals surface area contributed by atoms with Crippen molar-refractivity contribution in [2.24, 2.45) is 0 Å². The van der Waals surface area contributed by atoms with E-state index in [1.165, 1.54) is 24.3 Å². The Morgan fingerprint density at radius 1 is 1.23 bits per heavy atom. The zero-order valence-electron chi connectivity index (χ0n) is 20.1. The summed E-state index contributed by atoms with van der Waals surface area (Å²) >= 11 is 0. The van der Waals surface area contributed by atoms with Gasteiger partial charge in [0.15, 0.2) is 0 Å². The average Bonchev–Trinajstić information content (AvgIpc) is 3.22. The third-order valence-corrected chi connectivity index (χ3v) is 6.88. The van der Waals surface area contributed by atoms with Crippen LogP contribution in [0.25, 0.3) is 11.6 Å². The van der Waals surface area contributed by atoms with Crippen LogP contribution in [-0.2, 0) is 21.3 Å². The van der Waals surface area contributed by atoms with E-state index in [9.17, 15) is 22.4 Å². The van der Waals surface area contributed by atoms with E-state index in [0.717, 1.165) is 30.6 Å². The van der Waals surface area contributed by atoms with Crippen molar-refractivity contribution in [2.45, 2.75) is 39.7 Å². The van der Waals surface area contributed by atoms with Gasteiger partial charge in [0.1, 0.15) is 5.82 Å². The number of nitrogens with one attached hydrogen (secondary N) is 2. The van der Waals surface area contributed by atoms with Gasteiger partial charge < -0.3 is 15.5 Å². The number of fused-ring (bicyclic) bond motifs is 2. The highest BCUT2D eigenvalue weighted by molar-refractivity contribution is 7.86. The fraction of sp³-hybridized carbons (Fsp3) is 0.417. The van der Waals surface area contributed by atoms with Crippen molar-refractivity contribution in [3.05, 3.63) is 52.1 Å². The van der Waals surface area contributed by atoms with Gasteiger partial charge in [-0.15, -0.1) is 0 Å². The summed E-state index contributed by atoms with van der Waals surface area (Å²) in [4.78, 5) is 28.0. The van der Waals surface area contributed by atoms with Crippen molar-refractivity contribution in [3.63, 3.8) is 0 Å². The molecule has 4 rings (SSSR count). The summed E-state index contributed by atoms with van der Waals surface area (Å²) in [6, 6.07) is 3.72. The Morgan fingerprint density at radius 2 is 1.94 bits per heavy atom. The molecule has 2 N–H and O–H groups in total. The molecule has 1 aromatic carbocycles. The lowest BCUT2D eigenvalue weighted by molar-refractivity contribution is -0.110. The summed E-state index contributed by atoms with van der Waals surface area (Å²) in [5.74, 6) is -1.30. The highest BCUT2D eigenvalue weighted by Crippen LogP contribution is 2.36. The first-order chi connectivity index (χ1) is 16.5. The lowest BCUT2D eigenvalue weighted by atomic mass is 9.97. The molecule has 0 bridgehead atoms. The number of amides is 2. The molecule has 2 aliphatic rings. The van der Waals surface area contributed by atoms with Crippen LogP contribution in [0.3, 0.4) is 0 Å². The van der Waals surface area contributed by atoms with Gasteiger partial charge in [-0.2, -0.15) is 13.1 Å². The molecule has 1 atom stereocenters. The fourth-order valence-corrected chi connectivity index (χ4v) is 5.09. The minimum atomic E-state index is -3.97. The molecule has 35 heavy (non-hydrogen) atoms. The zero-order valence-corrected chi connectivity index (χ0v) is 21.0. The Balaban J connectivity index is 1.80. The second kappa shape index (κ2) is 9.46. The Bertz CT molecular complexity index is 1330. The molecular formula is C24H29FN4O5S. The lowest BCUT2D eigenvalue weighted by Gasteiger charge is -2.27. The number of aromatic nitrogens is 1. The third-order valence-electron chi connectivity index (χ3n) is 6.46. The minimum absolute atomic E-state index is 0.147. The van der Waals surface area contributed by atoms with Crippen molar-refractivity contribution < 1.29 is 26.7 Å². The average molecular weight is 505 g/mol. The Kier molecular flexibility index (Phi) is 6.74. The quantitative estimate of drug-likeness (QED) is 0.534. The molecule has 0 aliphatic carbocycles. The van der Waals surface area contributed by atoms with Crippen LogP contribution < -0.4 is 14.9 Å². The van der Waals surface area contributed by atoms with E-state index < -0.39 is 21.8 Å².